The Morgan fingerprint density at radius 3 is 2.63 bits per heavy atom. The number of pyridine rings is 1. The Morgan fingerprint density at radius 1 is 1.26 bits per heavy atom. The van der Waals surface area contributed by atoms with Crippen molar-refractivity contribution in [2.45, 2.75) is 26.1 Å². The Balaban J connectivity index is 1.87. The number of ether oxygens (including phenoxy) is 1. The van der Waals surface area contributed by atoms with E-state index in [0.29, 0.717) is 11.3 Å². The van der Waals surface area contributed by atoms with E-state index in [1.807, 2.05) is 0 Å². The van der Waals surface area contributed by atoms with Crippen molar-refractivity contribution < 1.29 is 27.1 Å². The second-order valence-corrected chi connectivity index (χ2v) is 5.67. The van der Waals surface area contributed by atoms with Crippen LogP contribution in [0.2, 0.25) is 0 Å². The summed E-state index contributed by atoms with van der Waals surface area (Å²) in [5.41, 5.74) is 0.649. The van der Waals surface area contributed by atoms with Crippen LogP contribution in [0.25, 0.3) is 0 Å². The molecule has 1 N–H and O–H groups in total. The Hall–Kier alpha value is -2.84. The minimum Gasteiger partial charge on any atom is -0.487 e. The fourth-order valence-electron chi connectivity index (χ4n) is 2.19. The van der Waals surface area contributed by atoms with E-state index < -0.39 is 25.2 Å². The monoisotopic (exact) mass is 385 g/mol. The Labute approximate surface area is 154 Å². The molecular formula is C18H19F4N3O2. The summed E-state index contributed by atoms with van der Waals surface area (Å²) in [5.74, 6) is 0.225. The number of amides is 2. The summed E-state index contributed by atoms with van der Waals surface area (Å²) in [7, 11) is 0. The molecule has 0 saturated carbocycles. The van der Waals surface area contributed by atoms with Crippen molar-refractivity contribution >= 4 is 11.8 Å². The number of halogens is 4. The molecule has 0 unspecified atom stereocenters. The molecule has 0 radical (unpaired) electrons. The highest BCUT2D eigenvalue weighted by Gasteiger charge is 2.28. The number of anilines is 1. The van der Waals surface area contributed by atoms with Gasteiger partial charge in [0.2, 0.25) is 0 Å². The van der Waals surface area contributed by atoms with Crippen LogP contribution in [-0.2, 0) is 6.61 Å². The third-order valence-corrected chi connectivity index (χ3v) is 3.60. The van der Waals surface area contributed by atoms with Crippen LogP contribution in [0.15, 0.2) is 42.6 Å². The predicted molar refractivity (Wildman–Crippen MR) is 91.9 cm³/mol. The number of hydrogen-bond acceptors (Lipinski definition) is 3. The average Bonchev–Trinajstić information content (AvgIpc) is 2.61. The SMILES string of the molecule is CCN(CCC(F)(F)F)C(=O)Nc1ccc(OCc2cccc(F)c2)cn1. The first-order chi connectivity index (χ1) is 12.8. The maximum absolute atomic E-state index is 13.1. The quantitative estimate of drug-likeness (QED) is 0.709. The van der Waals surface area contributed by atoms with E-state index in [4.69, 9.17) is 4.74 Å². The minimum atomic E-state index is -4.33. The highest BCUT2D eigenvalue weighted by molar-refractivity contribution is 5.88. The van der Waals surface area contributed by atoms with Gasteiger partial charge in [-0.25, -0.2) is 14.2 Å². The van der Waals surface area contributed by atoms with Crippen molar-refractivity contribution in [3.8, 4) is 5.75 Å². The lowest BCUT2D eigenvalue weighted by Crippen LogP contribution is -2.37. The van der Waals surface area contributed by atoms with Crippen molar-refractivity contribution in [1.29, 1.82) is 0 Å². The molecule has 9 heteroatoms. The van der Waals surface area contributed by atoms with Crippen LogP contribution in [0.3, 0.4) is 0 Å². The number of benzene rings is 1. The smallest absolute Gasteiger partial charge is 0.390 e. The summed E-state index contributed by atoms with van der Waals surface area (Å²) in [6.45, 7) is 1.44. The van der Waals surface area contributed by atoms with Crippen LogP contribution in [0.4, 0.5) is 28.2 Å². The van der Waals surface area contributed by atoms with Gasteiger partial charge in [-0.1, -0.05) is 12.1 Å². The van der Waals surface area contributed by atoms with Gasteiger partial charge in [0, 0.05) is 13.1 Å². The summed E-state index contributed by atoms with van der Waals surface area (Å²) in [4.78, 5) is 17.1. The van der Waals surface area contributed by atoms with Crippen LogP contribution >= 0.6 is 0 Å². The second-order valence-electron chi connectivity index (χ2n) is 5.67. The summed E-state index contributed by atoms with van der Waals surface area (Å²) in [5, 5.41) is 2.44. The first-order valence-corrected chi connectivity index (χ1v) is 8.23. The largest absolute Gasteiger partial charge is 0.487 e. The van der Waals surface area contributed by atoms with Gasteiger partial charge in [-0.2, -0.15) is 13.2 Å². The molecule has 0 bridgehead atoms. The summed E-state index contributed by atoms with van der Waals surface area (Å²) in [6.07, 6.45) is -4.04. The van der Waals surface area contributed by atoms with Gasteiger partial charge in [0.1, 0.15) is 24.0 Å². The van der Waals surface area contributed by atoms with Crippen LogP contribution in [0, 0.1) is 5.82 Å². The fourth-order valence-corrected chi connectivity index (χ4v) is 2.19. The van der Waals surface area contributed by atoms with Gasteiger partial charge in [0.25, 0.3) is 0 Å². The molecular weight excluding hydrogens is 366 g/mol. The van der Waals surface area contributed by atoms with Crippen LogP contribution in [0.5, 0.6) is 5.75 Å². The molecule has 5 nitrogen and oxygen atoms in total. The summed E-state index contributed by atoms with van der Waals surface area (Å²) in [6, 6.07) is 8.32. The maximum Gasteiger partial charge on any atom is 0.390 e. The molecule has 1 aromatic carbocycles. The molecule has 0 saturated heterocycles. The normalized spacial score (nSPS) is 11.1. The highest BCUT2D eigenvalue weighted by Crippen LogP contribution is 2.20. The summed E-state index contributed by atoms with van der Waals surface area (Å²) < 4.78 is 55.5. The van der Waals surface area contributed by atoms with Gasteiger partial charge in [0.15, 0.2) is 0 Å². The summed E-state index contributed by atoms with van der Waals surface area (Å²) >= 11 is 0. The molecule has 146 valence electrons. The molecule has 2 rings (SSSR count). The zero-order valence-electron chi connectivity index (χ0n) is 14.6. The van der Waals surface area contributed by atoms with Gasteiger partial charge < -0.3 is 9.64 Å². The number of carbonyl (C=O) groups is 1. The van der Waals surface area contributed by atoms with Crippen molar-refractivity contribution in [2.24, 2.45) is 0 Å². The topological polar surface area (TPSA) is 54.5 Å². The Bertz CT molecular complexity index is 751. The molecule has 1 aromatic heterocycles. The van der Waals surface area contributed by atoms with Crippen molar-refractivity contribution in [3.05, 3.63) is 54.0 Å². The zero-order chi connectivity index (χ0) is 19.9. The van der Waals surface area contributed by atoms with E-state index >= 15 is 0 Å². The molecule has 0 fully saturated rings. The third-order valence-electron chi connectivity index (χ3n) is 3.60. The van der Waals surface area contributed by atoms with E-state index in [1.165, 1.54) is 24.4 Å². The number of nitrogens with one attached hydrogen (secondary N) is 1. The number of urea groups is 1. The molecule has 0 aliphatic heterocycles. The molecule has 0 spiro atoms. The first kappa shape index (κ1) is 20.5. The highest BCUT2D eigenvalue weighted by atomic mass is 19.4. The molecule has 0 atom stereocenters. The number of nitrogens with zero attached hydrogens (tertiary/aromatic N) is 2. The number of rotatable bonds is 7. The van der Waals surface area contributed by atoms with E-state index in [1.54, 1.807) is 25.1 Å². The van der Waals surface area contributed by atoms with Crippen molar-refractivity contribution in [2.75, 3.05) is 18.4 Å². The average molecular weight is 385 g/mol. The molecule has 0 aliphatic rings. The van der Waals surface area contributed by atoms with Crippen molar-refractivity contribution in [1.82, 2.24) is 9.88 Å². The van der Waals surface area contributed by atoms with Gasteiger partial charge >= 0.3 is 12.2 Å². The number of alkyl halides is 3. The Morgan fingerprint density at radius 2 is 2.04 bits per heavy atom. The molecule has 1 heterocycles. The van der Waals surface area contributed by atoms with Crippen LogP contribution in [0.1, 0.15) is 18.9 Å². The number of hydrogen-bond donors (Lipinski definition) is 1. The third kappa shape index (κ3) is 7.12. The van der Waals surface area contributed by atoms with Crippen molar-refractivity contribution in [3.63, 3.8) is 0 Å². The maximum atomic E-state index is 13.1. The molecule has 27 heavy (non-hydrogen) atoms. The minimum absolute atomic E-state index is 0.136. The lowest BCUT2D eigenvalue weighted by Gasteiger charge is -2.21. The second kappa shape index (κ2) is 9.20. The van der Waals surface area contributed by atoms with E-state index in [2.05, 4.69) is 10.3 Å². The van der Waals surface area contributed by atoms with Gasteiger partial charge in [-0.15, -0.1) is 0 Å². The van der Waals surface area contributed by atoms with E-state index in [-0.39, 0.29) is 24.8 Å². The van der Waals surface area contributed by atoms with Crippen LogP contribution < -0.4 is 10.1 Å². The van der Waals surface area contributed by atoms with Gasteiger partial charge in [-0.3, -0.25) is 5.32 Å². The van der Waals surface area contributed by atoms with E-state index in [0.717, 1.165) is 4.90 Å². The van der Waals surface area contributed by atoms with Gasteiger partial charge in [-0.05, 0) is 36.8 Å². The lowest BCUT2D eigenvalue weighted by molar-refractivity contribution is -0.136. The predicted octanol–water partition coefficient (Wildman–Crippen LogP) is 4.61. The molecule has 2 amide bonds. The lowest BCUT2D eigenvalue weighted by atomic mass is 10.2. The number of aromatic nitrogens is 1. The number of carbonyl (C=O) groups excluding carboxylic acids is 1. The van der Waals surface area contributed by atoms with E-state index in [9.17, 15) is 22.4 Å². The molecule has 0 aliphatic carbocycles. The first-order valence-electron chi connectivity index (χ1n) is 8.23. The Kier molecular flexibility index (Phi) is 6.98. The van der Waals surface area contributed by atoms with Crippen LogP contribution in [-0.4, -0.2) is 35.2 Å². The zero-order valence-corrected chi connectivity index (χ0v) is 14.6. The molecule has 2 aromatic rings. The fraction of sp³-hybridized carbons (Fsp3) is 0.333. The van der Waals surface area contributed by atoms with Gasteiger partial charge in [0.05, 0.1) is 12.6 Å². The standard InChI is InChI=1S/C18H19F4N3O2/c1-2-25(9-8-18(20,21)22)17(26)24-16-7-6-15(11-23-16)27-12-13-4-3-5-14(19)10-13/h3-7,10-11H,2,8-9,12H2,1H3,(H,23,24,26).